The van der Waals surface area contributed by atoms with E-state index in [9.17, 15) is 17.6 Å². The van der Waals surface area contributed by atoms with Gasteiger partial charge in [-0.25, -0.2) is 12.8 Å². The van der Waals surface area contributed by atoms with Crippen LogP contribution in [0, 0.1) is 12.7 Å². The number of amides is 1. The van der Waals surface area contributed by atoms with Gasteiger partial charge < -0.3 is 5.32 Å². The molecule has 1 N–H and O–H groups in total. The molecule has 0 unspecified atom stereocenters. The Kier molecular flexibility index (Phi) is 9.38. The summed E-state index contributed by atoms with van der Waals surface area (Å²) in [5.41, 5.74) is 2.31. The Morgan fingerprint density at radius 2 is 1.65 bits per heavy atom. The lowest BCUT2D eigenvalue weighted by Gasteiger charge is -2.24. The summed E-state index contributed by atoms with van der Waals surface area (Å²) in [6, 6.07) is 19.1. The van der Waals surface area contributed by atoms with Gasteiger partial charge in [-0.05, 0) is 73.2 Å². The van der Waals surface area contributed by atoms with Gasteiger partial charge in [0.1, 0.15) is 12.4 Å². The first-order chi connectivity index (χ1) is 16.3. The fourth-order valence-electron chi connectivity index (χ4n) is 3.12. The van der Waals surface area contributed by atoms with E-state index in [2.05, 4.69) is 5.32 Å². The number of nitrogens with zero attached hydrogens (tertiary/aromatic N) is 1. The van der Waals surface area contributed by atoms with Crippen LogP contribution in [0.25, 0.3) is 0 Å². The summed E-state index contributed by atoms with van der Waals surface area (Å²) < 4.78 is 41.0. The number of hydrogen-bond acceptors (Lipinski definition) is 4. The number of carbonyl (C=O) groups excluding carboxylic acids is 1. The van der Waals surface area contributed by atoms with Crippen molar-refractivity contribution in [2.24, 2.45) is 0 Å². The third-order valence-electron chi connectivity index (χ3n) is 4.98. The Morgan fingerprint density at radius 3 is 2.29 bits per heavy atom. The van der Waals surface area contributed by atoms with Gasteiger partial charge in [0.2, 0.25) is 5.91 Å². The maximum absolute atomic E-state index is 13.4. The smallest absolute Gasteiger partial charge is 0.264 e. The fourth-order valence-corrected chi connectivity index (χ4v) is 5.59. The molecule has 0 aromatic heterocycles. The first-order valence-corrected chi connectivity index (χ1v) is 13.7. The van der Waals surface area contributed by atoms with Crippen LogP contribution in [-0.4, -0.2) is 33.2 Å². The summed E-state index contributed by atoms with van der Waals surface area (Å²) in [5, 5.41) is 3.49. The molecule has 0 radical (unpaired) electrons. The minimum Gasteiger partial charge on any atom is -0.354 e. The van der Waals surface area contributed by atoms with Crippen LogP contribution in [0.1, 0.15) is 17.5 Å². The van der Waals surface area contributed by atoms with E-state index < -0.39 is 28.3 Å². The van der Waals surface area contributed by atoms with E-state index in [0.717, 1.165) is 27.8 Å². The molecule has 0 atom stereocenters. The Bertz CT molecular complexity index is 1190. The van der Waals surface area contributed by atoms with Crippen molar-refractivity contribution in [3.05, 3.63) is 94.8 Å². The second-order valence-corrected chi connectivity index (χ2v) is 11.1. The highest BCUT2D eigenvalue weighted by Crippen LogP contribution is 2.24. The topological polar surface area (TPSA) is 66.5 Å². The van der Waals surface area contributed by atoms with Gasteiger partial charge in [0.25, 0.3) is 10.0 Å². The average molecular weight is 521 g/mol. The van der Waals surface area contributed by atoms with Crippen molar-refractivity contribution < 1.29 is 17.6 Å². The van der Waals surface area contributed by atoms with E-state index in [1.165, 1.54) is 42.0 Å². The van der Waals surface area contributed by atoms with Crippen molar-refractivity contribution in [3.63, 3.8) is 0 Å². The molecular weight excluding hydrogens is 495 g/mol. The largest absolute Gasteiger partial charge is 0.354 e. The molecule has 3 aromatic rings. The molecule has 0 aliphatic heterocycles. The highest BCUT2D eigenvalue weighted by atomic mass is 35.5. The van der Waals surface area contributed by atoms with E-state index in [4.69, 9.17) is 11.6 Å². The molecule has 180 valence electrons. The molecule has 0 aliphatic carbocycles. The minimum atomic E-state index is -4.02. The number of rotatable bonds is 11. The standard InChI is InChI=1S/C25H26ClFN2O3S2/c1-19-3-13-24(14-4-19)34(31,32)29(23-11-9-22(27)10-12-23)17-25(30)28-15-2-16-33-18-20-5-7-21(26)8-6-20/h3-14H,2,15-18H2,1H3,(H,28,30). The molecule has 0 fully saturated rings. The highest BCUT2D eigenvalue weighted by molar-refractivity contribution is 7.98. The lowest BCUT2D eigenvalue weighted by Crippen LogP contribution is -2.41. The molecule has 0 spiro atoms. The molecule has 34 heavy (non-hydrogen) atoms. The molecular formula is C25H26ClFN2O3S2. The monoisotopic (exact) mass is 520 g/mol. The predicted molar refractivity (Wildman–Crippen MR) is 137 cm³/mol. The van der Waals surface area contributed by atoms with Crippen molar-refractivity contribution in [1.82, 2.24) is 5.32 Å². The quantitative estimate of drug-likeness (QED) is 0.343. The maximum Gasteiger partial charge on any atom is 0.264 e. The van der Waals surface area contributed by atoms with Crippen LogP contribution in [0.3, 0.4) is 0 Å². The molecule has 1 amide bonds. The molecule has 3 rings (SSSR count). The SMILES string of the molecule is Cc1ccc(S(=O)(=O)N(CC(=O)NCCCSCc2ccc(Cl)cc2)c2ccc(F)cc2)cc1. The summed E-state index contributed by atoms with van der Waals surface area (Å²) in [5.74, 6) is 0.768. The van der Waals surface area contributed by atoms with Gasteiger partial charge in [0.15, 0.2) is 0 Å². The second-order valence-electron chi connectivity index (χ2n) is 7.68. The summed E-state index contributed by atoms with van der Waals surface area (Å²) >= 11 is 7.63. The van der Waals surface area contributed by atoms with Crippen LogP contribution < -0.4 is 9.62 Å². The predicted octanol–water partition coefficient (Wildman–Crippen LogP) is 5.42. The fraction of sp³-hybridized carbons (Fsp3) is 0.240. The van der Waals surface area contributed by atoms with E-state index in [0.29, 0.717) is 11.6 Å². The first kappa shape index (κ1) is 26.1. The third kappa shape index (κ3) is 7.48. The molecule has 0 bridgehead atoms. The first-order valence-electron chi connectivity index (χ1n) is 10.7. The highest BCUT2D eigenvalue weighted by Gasteiger charge is 2.27. The lowest BCUT2D eigenvalue weighted by molar-refractivity contribution is -0.119. The molecule has 0 saturated carbocycles. The number of carbonyl (C=O) groups is 1. The molecule has 0 heterocycles. The normalized spacial score (nSPS) is 11.3. The number of hydrogen-bond donors (Lipinski definition) is 1. The molecule has 0 saturated heterocycles. The Balaban J connectivity index is 1.57. The Morgan fingerprint density at radius 1 is 1.00 bits per heavy atom. The van der Waals surface area contributed by atoms with Crippen molar-refractivity contribution in [2.45, 2.75) is 24.0 Å². The van der Waals surface area contributed by atoms with Crippen LogP contribution in [0.2, 0.25) is 5.02 Å². The number of thioether (sulfide) groups is 1. The zero-order valence-corrected chi connectivity index (χ0v) is 21.1. The van der Waals surface area contributed by atoms with Gasteiger partial charge >= 0.3 is 0 Å². The number of nitrogens with one attached hydrogen (secondary N) is 1. The van der Waals surface area contributed by atoms with Gasteiger partial charge in [-0.15, -0.1) is 0 Å². The molecule has 0 aliphatic rings. The van der Waals surface area contributed by atoms with Gasteiger partial charge in [-0.3, -0.25) is 9.10 Å². The number of sulfonamides is 1. The van der Waals surface area contributed by atoms with Gasteiger partial charge in [-0.2, -0.15) is 11.8 Å². The van der Waals surface area contributed by atoms with Crippen molar-refractivity contribution in [1.29, 1.82) is 0 Å². The van der Waals surface area contributed by atoms with Crippen LogP contribution in [0.15, 0.2) is 77.7 Å². The summed E-state index contributed by atoms with van der Waals surface area (Å²) in [4.78, 5) is 12.7. The Labute approximate surface area is 209 Å². The van der Waals surface area contributed by atoms with Crippen LogP contribution in [0.4, 0.5) is 10.1 Å². The zero-order valence-electron chi connectivity index (χ0n) is 18.7. The summed E-state index contributed by atoms with van der Waals surface area (Å²) in [7, 11) is -4.02. The van der Waals surface area contributed by atoms with E-state index in [1.54, 1.807) is 23.9 Å². The second kappa shape index (κ2) is 12.2. The Hall–Kier alpha value is -2.55. The number of anilines is 1. The third-order valence-corrected chi connectivity index (χ3v) is 8.14. The number of benzene rings is 3. The summed E-state index contributed by atoms with van der Waals surface area (Å²) in [6.07, 6.45) is 0.741. The van der Waals surface area contributed by atoms with Crippen molar-refractivity contribution in [3.8, 4) is 0 Å². The lowest BCUT2D eigenvalue weighted by atomic mass is 10.2. The number of aryl methyl sites for hydroxylation is 1. The average Bonchev–Trinajstić information content (AvgIpc) is 2.82. The maximum atomic E-state index is 13.4. The van der Waals surface area contributed by atoms with E-state index >= 15 is 0 Å². The van der Waals surface area contributed by atoms with Crippen molar-refractivity contribution in [2.75, 3.05) is 23.1 Å². The van der Waals surface area contributed by atoms with Crippen LogP contribution >= 0.6 is 23.4 Å². The van der Waals surface area contributed by atoms with E-state index in [1.807, 2.05) is 31.2 Å². The molecule has 3 aromatic carbocycles. The zero-order chi connectivity index (χ0) is 24.6. The van der Waals surface area contributed by atoms with Gasteiger partial charge in [0, 0.05) is 17.3 Å². The van der Waals surface area contributed by atoms with Gasteiger partial charge in [0.05, 0.1) is 10.6 Å². The minimum absolute atomic E-state index is 0.0637. The van der Waals surface area contributed by atoms with E-state index in [-0.39, 0.29) is 10.6 Å². The number of halogens is 2. The molecule has 5 nitrogen and oxygen atoms in total. The van der Waals surface area contributed by atoms with Crippen LogP contribution in [-0.2, 0) is 20.6 Å². The summed E-state index contributed by atoms with van der Waals surface area (Å²) in [6.45, 7) is 1.88. The molecule has 9 heteroatoms. The van der Waals surface area contributed by atoms with Crippen LogP contribution in [0.5, 0.6) is 0 Å². The van der Waals surface area contributed by atoms with Crippen molar-refractivity contribution >= 4 is 45.0 Å². The van der Waals surface area contributed by atoms with Gasteiger partial charge in [-0.1, -0.05) is 41.4 Å².